The van der Waals surface area contributed by atoms with Gasteiger partial charge in [-0.1, -0.05) is 48.5 Å². The van der Waals surface area contributed by atoms with Gasteiger partial charge in [-0.2, -0.15) is 13.2 Å². The average molecular weight is 516 g/mol. The second-order valence-corrected chi connectivity index (χ2v) is 8.18. The minimum atomic E-state index is -4.46. The van der Waals surface area contributed by atoms with Crippen LogP contribution in [0.25, 0.3) is 11.1 Å². The summed E-state index contributed by atoms with van der Waals surface area (Å²) in [5.74, 6) is -0.401. The van der Waals surface area contributed by atoms with E-state index in [1.54, 1.807) is 12.1 Å². The topological polar surface area (TPSA) is 73.9 Å². The molecule has 0 saturated heterocycles. The molecule has 1 N–H and O–H groups in total. The summed E-state index contributed by atoms with van der Waals surface area (Å²) in [7, 11) is 2.74. The van der Waals surface area contributed by atoms with Crippen molar-refractivity contribution in [1.82, 2.24) is 5.32 Å². The highest BCUT2D eigenvalue weighted by Crippen LogP contribution is 2.38. The fraction of sp³-hybridized carbons (Fsp3) is 0.286. The summed E-state index contributed by atoms with van der Waals surface area (Å²) in [5.41, 5.74) is 2.44. The molecular formula is C28H28F3NO5. The van der Waals surface area contributed by atoms with Crippen LogP contribution in [-0.2, 0) is 44.8 Å². The van der Waals surface area contributed by atoms with E-state index in [1.165, 1.54) is 26.4 Å². The van der Waals surface area contributed by atoms with Gasteiger partial charge in [-0.3, -0.25) is 9.59 Å². The lowest BCUT2D eigenvalue weighted by molar-refractivity contribution is -0.145. The number of carbonyl (C=O) groups excluding carboxylic acids is 2. The van der Waals surface area contributed by atoms with E-state index < -0.39 is 17.7 Å². The van der Waals surface area contributed by atoms with Crippen LogP contribution in [0.5, 0.6) is 5.75 Å². The molecule has 0 amide bonds. The van der Waals surface area contributed by atoms with E-state index in [0.29, 0.717) is 28.0 Å². The normalized spacial score (nSPS) is 11.2. The largest absolute Gasteiger partial charge is 0.496 e. The molecule has 6 nitrogen and oxygen atoms in total. The molecule has 0 fully saturated rings. The van der Waals surface area contributed by atoms with Gasteiger partial charge in [0.2, 0.25) is 0 Å². The highest BCUT2D eigenvalue weighted by molar-refractivity contribution is 5.79. The van der Waals surface area contributed by atoms with Gasteiger partial charge in [-0.25, -0.2) is 0 Å². The van der Waals surface area contributed by atoms with Gasteiger partial charge in [-0.15, -0.1) is 0 Å². The number of nitrogens with one attached hydrogen (secondary N) is 1. The summed E-state index contributed by atoms with van der Waals surface area (Å²) in [6.45, 7) is 0.692. The Labute approximate surface area is 213 Å². The standard InChI is InChI=1S/C28H28F3NO5/c1-35-24-13-10-21(16-26(34)36-2)23(27(24)20-8-11-22(12-9-20)28(29,30)31)17-32-15-14-25(33)37-18-19-6-4-3-5-7-19/h3-13,32H,14-18H2,1-2H3. The van der Waals surface area contributed by atoms with E-state index in [1.807, 2.05) is 30.3 Å². The molecule has 0 aliphatic rings. The zero-order valence-electron chi connectivity index (χ0n) is 20.6. The highest BCUT2D eigenvalue weighted by Gasteiger charge is 2.30. The first-order chi connectivity index (χ1) is 17.7. The van der Waals surface area contributed by atoms with Gasteiger partial charge in [-0.05, 0) is 40.5 Å². The number of esters is 2. The molecule has 0 radical (unpaired) electrons. The Morgan fingerprint density at radius 3 is 2.22 bits per heavy atom. The number of carbonyl (C=O) groups is 2. The van der Waals surface area contributed by atoms with E-state index >= 15 is 0 Å². The summed E-state index contributed by atoms with van der Waals surface area (Å²) in [4.78, 5) is 24.2. The Hall–Kier alpha value is -3.85. The van der Waals surface area contributed by atoms with Crippen LogP contribution in [0.3, 0.4) is 0 Å². The van der Waals surface area contributed by atoms with Crippen LogP contribution in [0.1, 0.15) is 28.7 Å². The maximum atomic E-state index is 13.1. The highest BCUT2D eigenvalue weighted by atomic mass is 19.4. The molecule has 9 heteroatoms. The first kappa shape index (κ1) is 27.7. The number of benzene rings is 3. The zero-order chi connectivity index (χ0) is 26.8. The molecular weight excluding hydrogens is 487 g/mol. The van der Waals surface area contributed by atoms with Crippen LogP contribution in [-0.4, -0.2) is 32.7 Å². The number of ether oxygens (including phenoxy) is 3. The predicted octanol–water partition coefficient (Wildman–Crippen LogP) is 5.32. The van der Waals surface area contributed by atoms with Crippen LogP contribution in [0.15, 0.2) is 66.7 Å². The number of hydrogen-bond acceptors (Lipinski definition) is 6. The summed E-state index contributed by atoms with van der Waals surface area (Å²) in [6.07, 6.45) is -4.39. The Morgan fingerprint density at radius 2 is 1.59 bits per heavy atom. The molecule has 0 saturated carbocycles. The molecule has 37 heavy (non-hydrogen) atoms. The van der Waals surface area contributed by atoms with Crippen LogP contribution in [0, 0.1) is 0 Å². The van der Waals surface area contributed by atoms with Gasteiger partial charge in [0, 0.05) is 18.7 Å². The minimum Gasteiger partial charge on any atom is -0.496 e. The Morgan fingerprint density at radius 1 is 0.892 bits per heavy atom. The minimum absolute atomic E-state index is 0.0374. The number of methoxy groups -OCH3 is 2. The van der Waals surface area contributed by atoms with Gasteiger partial charge in [0.25, 0.3) is 0 Å². The van der Waals surface area contributed by atoms with E-state index in [-0.39, 0.29) is 38.5 Å². The lowest BCUT2D eigenvalue weighted by atomic mass is 9.92. The maximum absolute atomic E-state index is 13.1. The van der Waals surface area contributed by atoms with Crippen molar-refractivity contribution in [3.8, 4) is 16.9 Å². The van der Waals surface area contributed by atoms with Gasteiger partial charge >= 0.3 is 18.1 Å². The van der Waals surface area contributed by atoms with Crippen molar-refractivity contribution in [1.29, 1.82) is 0 Å². The molecule has 3 aromatic rings. The van der Waals surface area contributed by atoms with Gasteiger partial charge in [0.15, 0.2) is 0 Å². The van der Waals surface area contributed by atoms with Gasteiger partial charge in [0.05, 0.1) is 32.6 Å². The van der Waals surface area contributed by atoms with Crippen molar-refractivity contribution in [2.24, 2.45) is 0 Å². The zero-order valence-corrected chi connectivity index (χ0v) is 20.6. The predicted molar refractivity (Wildman–Crippen MR) is 132 cm³/mol. The summed E-state index contributed by atoms with van der Waals surface area (Å²) < 4.78 is 54.9. The van der Waals surface area contributed by atoms with Crippen molar-refractivity contribution < 1.29 is 37.0 Å². The molecule has 0 atom stereocenters. The molecule has 3 aromatic carbocycles. The third kappa shape index (κ3) is 7.82. The maximum Gasteiger partial charge on any atom is 0.416 e. The summed E-state index contributed by atoms with van der Waals surface area (Å²) in [5, 5.41) is 3.17. The monoisotopic (exact) mass is 515 g/mol. The quantitative estimate of drug-likeness (QED) is 0.275. The van der Waals surface area contributed by atoms with Crippen LogP contribution < -0.4 is 10.1 Å². The molecule has 0 aromatic heterocycles. The number of halogens is 3. The second kappa shape index (κ2) is 12.9. The van der Waals surface area contributed by atoms with Crippen molar-refractivity contribution in [2.45, 2.75) is 32.2 Å². The average Bonchev–Trinajstić information content (AvgIpc) is 2.90. The smallest absolute Gasteiger partial charge is 0.416 e. The molecule has 196 valence electrons. The molecule has 3 rings (SSSR count). The molecule has 0 heterocycles. The molecule has 0 unspecified atom stereocenters. The molecule has 0 aliphatic heterocycles. The second-order valence-electron chi connectivity index (χ2n) is 8.18. The van der Waals surface area contributed by atoms with E-state index in [0.717, 1.165) is 17.7 Å². The number of hydrogen-bond donors (Lipinski definition) is 1. The van der Waals surface area contributed by atoms with Crippen molar-refractivity contribution in [3.05, 3.63) is 89.0 Å². The first-order valence-electron chi connectivity index (χ1n) is 11.6. The third-order valence-electron chi connectivity index (χ3n) is 5.71. The number of rotatable bonds is 11. The lowest BCUT2D eigenvalue weighted by Crippen LogP contribution is -2.21. The van der Waals surface area contributed by atoms with E-state index in [9.17, 15) is 22.8 Å². The molecule has 0 bridgehead atoms. The first-order valence-corrected chi connectivity index (χ1v) is 11.6. The Kier molecular flexibility index (Phi) is 9.68. The summed E-state index contributed by atoms with van der Waals surface area (Å²) in [6, 6.07) is 17.4. The van der Waals surface area contributed by atoms with Crippen molar-refractivity contribution in [3.63, 3.8) is 0 Å². The van der Waals surface area contributed by atoms with E-state index in [4.69, 9.17) is 14.2 Å². The fourth-order valence-corrected chi connectivity index (χ4v) is 3.79. The van der Waals surface area contributed by atoms with Gasteiger partial charge < -0.3 is 19.5 Å². The fourth-order valence-electron chi connectivity index (χ4n) is 3.79. The van der Waals surface area contributed by atoms with Crippen LogP contribution in [0.2, 0.25) is 0 Å². The summed E-state index contributed by atoms with van der Waals surface area (Å²) >= 11 is 0. The van der Waals surface area contributed by atoms with Crippen LogP contribution in [0.4, 0.5) is 13.2 Å². The Bertz CT molecular complexity index is 1190. The third-order valence-corrected chi connectivity index (χ3v) is 5.71. The lowest BCUT2D eigenvalue weighted by Gasteiger charge is -2.19. The molecule has 0 aliphatic carbocycles. The Balaban J connectivity index is 1.78. The number of alkyl halides is 3. The van der Waals surface area contributed by atoms with Crippen molar-refractivity contribution in [2.75, 3.05) is 20.8 Å². The van der Waals surface area contributed by atoms with E-state index in [2.05, 4.69) is 5.32 Å². The van der Waals surface area contributed by atoms with Crippen LogP contribution >= 0.6 is 0 Å². The van der Waals surface area contributed by atoms with Crippen molar-refractivity contribution >= 4 is 11.9 Å². The SMILES string of the molecule is COC(=O)Cc1ccc(OC)c(-c2ccc(C(F)(F)F)cc2)c1CNCCC(=O)OCc1ccccc1. The molecule has 0 spiro atoms. The van der Waals surface area contributed by atoms with Gasteiger partial charge in [0.1, 0.15) is 12.4 Å².